The summed E-state index contributed by atoms with van der Waals surface area (Å²) < 4.78 is 15.6. The van der Waals surface area contributed by atoms with Gasteiger partial charge in [-0.2, -0.15) is 5.10 Å². The molecule has 31 heavy (non-hydrogen) atoms. The van der Waals surface area contributed by atoms with E-state index in [1.807, 2.05) is 25.6 Å². The summed E-state index contributed by atoms with van der Waals surface area (Å²) in [5.74, 6) is -2.25. The maximum absolute atomic E-state index is 13.8. The van der Waals surface area contributed by atoms with Crippen molar-refractivity contribution in [3.63, 3.8) is 0 Å². The number of halogens is 1. The van der Waals surface area contributed by atoms with Crippen molar-refractivity contribution in [1.82, 2.24) is 14.8 Å². The number of hydrogen-bond donors (Lipinski definition) is 2. The Bertz CT molecular complexity index is 1140. The summed E-state index contributed by atoms with van der Waals surface area (Å²) in [6, 6.07) is 6.87. The highest BCUT2D eigenvalue weighted by Crippen LogP contribution is 2.22. The van der Waals surface area contributed by atoms with Crippen molar-refractivity contribution in [1.29, 1.82) is 0 Å². The van der Waals surface area contributed by atoms with E-state index in [0.717, 1.165) is 17.0 Å². The number of pyridine rings is 1. The molecule has 1 amide bonds. The molecule has 8 nitrogen and oxygen atoms in total. The molecular weight excluding hydrogens is 401 g/mol. The zero-order valence-corrected chi connectivity index (χ0v) is 17.8. The molecule has 0 aliphatic heterocycles. The van der Waals surface area contributed by atoms with Crippen LogP contribution in [0.2, 0.25) is 0 Å². The summed E-state index contributed by atoms with van der Waals surface area (Å²) in [6.45, 7) is 4.46. The van der Waals surface area contributed by atoms with Crippen LogP contribution in [0.15, 0.2) is 36.5 Å². The summed E-state index contributed by atoms with van der Waals surface area (Å²) in [7, 11) is 3.64. The van der Waals surface area contributed by atoms with Crippen molar-refractivity contribution in [2.24, 2.45) is 7.05 Å². The Balaban J connectivity index is 1.79. The van der Waals surface area contributed by atoms with Crippen LogP contribution >= 0.6 is 0 Å². The van der Waals surface area contributed by atoms with Crippen molar-refractivity contribution >= 4 is 23.4 Å². The van der Waals surface area contributed by atoms with Crippen molar-refractivity contribution in [3.8, 4) is 0 Å². The fourth-order valence-electron chi connectivity index (χ4n) is 3.40. The van der Waals surface area contributed by atoms with Crippen LogP contribution in [-0.2, 0) is 13.5 Å². The average Bonchev–Trinajstić information content (AvgIpc) is 2.97. The molecule has 3 rings (SSSR count). The van der Waals surface area contributed by atoms with Crippen LogP contribution in [0.5, 0.6) is 0 Å². The Morgan fingerprint density at radius 1 is 1.23 bits per heavy atom. The standard InChI is InChI=1S/C22H24FN5O3/c1-13-16(14(2)28(4)26-13)9-10-27(3)20-18(22(30)31)11-15(12-24-20)25-21(29)17-7-5-6-8-19(17)23/h5-8,11-12H,9-10H2,1-4H3,(H,25,29)(H,30,31). The van der Waals surface area contributed by atoms with Gasteiger partial charge in [0.15, 0.2) is 0 Å². The largest absolute Gasteiger partial charge is 0.478 e. The molecule has 0 fully saturated rings. The number of aromatic carboxylic acids is 1. The monoisotopic (exact) mass is 425 g/mol. The first-order chi connectivity index (χ1) is 14.7. The van der Waals surface area contributed by atoms with Crippen LogP contribution in [0.25, 0.3) is 0 Å². The lowest BCUT2D eigenvalue weighted by atomic mass is 10.1. The van der Waals surface area contributed by atoms with Crippen LogP contribution in [0.4, 0.5) is 15.9 Å². The van der Waals surface area contributed by atoms with Gasteiger partial charge in [-0.05, 0) is 44.0 Å². The predicted molar refractivity (Wildman–Crippen MR) is 115 cm³/mol. The second-order valence-corrected chi connectivity index (χ2v) is 7.28. The molecule has 2 heterocycles. The van der Waals surface area contributed by atoms with E-state index in [1.165, 1.54) is 30.5 Å². The van der Waals surface area contributed by atoms with Crippen LogP contribution in [0.1, 0.15) is 37.7 Å². The van der Waals surface area contributed by atoms with Gasteiger partial charge in [0.1, 0.15) is 17.2 Å². The molecular formula is C22H24FN5O3. The van der Waals surface area contributed by atoms with E-state index in [2.05, 4.69) is 15.4 Å². The van der Waals surface area contributed by atoms with Gasteiger partial charge in [-0.15, -0.1) is 0 Å². The third kappa shape index (κ3) is 4.71. The number of carbonyl (C=O) groups excluding carboxylic acids is 1. The number of anilines is 2. The number of carboxylic acids is 1. The number of amides is 1. The smallest absolute Gasteiger partial charge is 0.339 e. The number of hydrogen-bond acceptors (Lipinski definition) is 5. The summed E-state index contributed by atoms with van der Waals surface area (Å²) in [5, 5.41) is 16.6. The van der Waals surface area contributed by atoms with Gasteiger partial charge in [-0.3, -0.25) is 9.48 Å². The third-order valence-corrected chi connectivity index (χ3v) is 5.19. The molecule has 3 aromatic rings. The normalized spacial score (nSPS) is 10.7. The summed E-state index contributed by atoms with van der Waals surface area (Å²) >= 11 is 0. The lowest BCUT2D eigenvalue weighted by Gasteiger charge is -2.20. The Morgan fingerprint density at radius 2 is 1.94 bits per heavy atom. The molecule has 0 spiro atoms. The number of nitrogens with one attached hydrogen (secondary N) is 1. The minimum absolute atomic E-state index is 0.0616. The number of benzene rings is 1. The minimum Gasteiger partial charge on any atom is -0.478 e. The van der Waals surface area contributed by atoms with Gasteiger partial charge in [0.05, 0.1) is 23.1 Å². The molecule has 2 aromatic heterocycles. The topological polar surface area (TPSA) is 100 Å². The SMILES string of the molecule is Cc1nn(C)c(C)c1CCN(C)c1ncc(NC(=O)c2ccccc2F)cc1C(=O)O. The highest BCUT2D eigenvalue weighted by atomic mass is 19.1. The lowest BCUT2D eigenvalue weighted by molar-refractivity contribution is 0.0696. The number of aromatic nitrogens is 3. The van der Waals surface area contributed by atoms with Gasteiger partial charge in [-0.25, -0.2) is 14.2 Å². The third-order valence-electron chi connectivity index (χ3n) is 5.19. The first kappa shape index (κ1) is 21.9. The van der Waals surface area contributed by atoms with E-state index in [0.29, 0.717) is 13.0 Å². The number of carboxylic acid groups (broad SMARTS) is 1. The molecule has 0 radical (unpaired) electrons. The fraction of sp³-hybridized carbons (Fsp3) is 0.273. The predicted octanol–water partition coefficient (Wildman–Crippen LogP) is 3.20. The molecule has 1 aromatic carbocycles. The van der Waals surface area contributed by atoms with E-state index >= 15 is 0 Å². The first-order valence-corrected chi connectivity index (χ1v) is 9.68. The first-order valence-electron chi connectivity index (χ1n) is 9.68. The minimum atomic E-state index is -1.18. The number of carbonyl (C=O) groups is 2. The highest BCUT2D eigenvalue weighted by Gasteiger charge is 2.19. The van der Waals surface area contributed by atoms with Crippen molar-refractivity contribution in [2.45, 2.75) is 20.3 Å². The van der Waals surface area contributed by atoms with Gasteiger partial charge in [0.2, 0.25) is 0 Å². The molecule has 0 atom stereocenters. The molecule has 0 bridgehead atoms. The molecule has 0 saturated carbocycles. The molecule has 162 valence electrons. The second-order valence-electron chi connectivity index (χ2n) is 7.28. The Kier molecular flexibility index (Phi) is 6.33. The van der Waals surface area contributed by atoms with E-state index in [-0.39, 0.29) is 22.6 Å². The summed E-state index contributed by atoms with van der Waals surface area (Å²) in [5.41, 5.74) is 3.08. The Morgan fingerprint density at radius 3 is 2.55 bits per heavy atom. The van der Waals surface area contributed by atoms with Crippen molar-refractivity contribution < 1.29 is 19.1 Å². The molecule has 0 aliphatic carbocycles. The zero-order chi connectivity index (χ0) is 22.7. The van der Waals surface area contributed by atoms with Gasteiger partial charge < -0.3 is 15.3 Å². The molecule has 0 aliphatic rings. The van der Waals surface area contributed by atoms with E-state index in [4.69, 9.17) is 0 Å². The number of rotatable bonds is 7. The Labute approximate surface area is 179 Å². The van der Waals surface area contributed by atoms with Crippen LogP contribution in [-0.4, -0.2) is 45.3 Å². The van der Waals surface area contributed by atoms with Crippen molar-refractivity contribution in [3.05, 3.63) is 70.4 Å². The lowest BCUT2D eigenvalue weighted by Crippen LogP contribution is -2.24. The van der Waals surface area contributed by atoms with Gasteiger partial charge in [0.25, 0.3) is 5.91 Å². The van der Waals surface area contributed by atoms with Crippen molar-refractivity contribution in [2.75, 3.05) is 23.8 Å². The van der Waals surface area contributed by atoms with Gasteiger partial charge in [-0.1, -0.05) is 12.1 Å². The number of aryl methyl sites for hydroxylation is 2. The summed E-state index contributed by atoms with van der Waals surface area (Å²) in [6.07, 6.45) is 2.03. The molecule has 2 N–H and O–H groups in total. The quantitative estimate of drug-likeness (QED) is 0.603. The van der Waals surface area contributed by atoms with E-state index in [1.54, 1.807) is 18.0 Å². The molecule has 0 saturated heterocycles. The summed E-state index contributed by atoms with van der Waals surface area (Å²) in [4.78, 5) is 30.1. The number of nitrogens with zero attached hydrogens (tertiary/aromatic N) is 4. The highest BCUT2D eigenvalue weighted by molar-refractivity contribution is 6.05. The van der Waals surface area contributed by atoms with Crippen LogP contribution in [0.3, 0.4) is 0 Å². The fourth-order valence-corrected chi connectivity index (χ4v) is 3.40. The number of likely N-dealkylation sites (N-methyl/N-ethyl adjacent to an activating group) is 1. The zero-order valence-electron chi connectivity index (χ0n) is 17.8. The van der Waals surface area contributed by atoms with Crippen LogP contribution < -0.4 is 10.2 Å². The Hall–Kier alpha value is -3.75. The van der Waals surface area contributed by atoms with Crippen LogP contribution in [0, 0.1) is 19.7 Å². The average molecular weight is 425 g/mol. The second kappa shape index (κ2) is 8.95. The molecule has 0 unspecified atom stereocenters. The van der Waals surface area contributed by atoms with E-state index in [9.17, 15) is 19.1 Å². The maximum Gasteiger partial charge on any atom is 0.339 e. The van der Waals surface area contributed by atoms with E-state index < -0.39 is 17.7 Å². The van der Waals surface area contributed by atoms with Gasteiger partial charge in [0, 0.05) is 26.3 Å². The maximum atomic E-state index is 13.8. The van der Waals surface area contributed by atoms with Gasteiger partial charge >= 0.3 is 5.97 Å². The molecule has 9 heteroatoms.